The van der Waals surface area contributed by atoms with E-state index in [4.69, 9.17) is 4.74 Å². The Morgan fingerprint density at radius 2 is 0.714 bits per heavy atom. The predicted molar refractivity (Wildman–Crippen MR) is 306 cm³/mol. The Balaban J connectivity index is 3.35. The molecule has 6 heteroatoms. The molecular formula is C64H121NO5. The lowest BCUT2D eigenvalue weighted by atomic mass is 10.0. The van der Waals surface area contributed by atoms with Crippen molar-refractivity contribution in [2.24, 2.45) is 0 Å². The van der Waals surface area contributed by atoms with Gasteiger partial charge in [0, 0.05) is 12.8 Å². The van der Waals surface area contributed by atoms with Crippen LogP contribution in [0.2, 0.25) is 0 Å². The van der Waals surface area contributed by atoms with Crippen molar-refractivity contribution in [2.75, 3.05) is 13.2 Å². The van der Waals surface area contributed by atoms with Crippen LogP contribution in [0, 0.1) is 0 Å². The van der Waals surface area contributed by atoms with Crippen molar-refractivity contribution < 1.29 is 24.5 Å². The van der Waals surface area contributed by atoms with Gasteiger partial charge >= 0.3 is 5.97 Å². The number of carbonyl (C=O) groups is 2. The topological polar surface area (TPSA) is 95.9 Å². The number of carbonyl (C=O) groups excluding carboxylic acids is 2. The molecule has 0 rings (SSSR count). The predicted octanol–water partition coefficient (Wildman–Crippen LogP) is 19.6. The molecule has 0 bridgehead atoms. The highest BCUT2D eigenvalue weighted by Crippen LogP contribution is 2.18. The molecule has 0 heterocycles. The maximum Gasteiger partial charge on any atom is 0.305 e. The first kappa shape index (κ1) is 68.1. The molecule has 0 aromatic carbocycles. The van der Waals surface area contributed by atoms with E-state index in [1.165, 1.54) is 257 Å². The molecule has 0 radical (unpaired) electrons. The van der Waals surface area contributed by atoms with E-state index < -0.39 is 12.1 Å². The zero-order valence-corrected chi connectivity index (χ0v) is 47.0. The summed E-state index contributed by atoms with van der Waals surface area (Å²) in [5.74, 6) is -0.0625. The van der Waals surface area contributed by atoms with E-state index in [1.54, 1.807) is 6.08 Å². The van der Waals surface area contributed by atoms with Gasteiger partial charge in [0.15, 0.2) is 0 Å². The maximum absolute atomic E-state index is 12.4. The van der Waals surface area contributed by atoms with E-state index in [1.807, 2.05) is 6.08 Å². The van der Waals surface area contributed by atoms with Crippen LogP contribution in [0.4, 0.5) is 0 Å². The van der Waals surface area contributed by atoms with Crippen LogP contribution < -0.4 is 5.32 Å². The van der Waals surface area contributed by atoms with Crippen molar-refractivity contribution in [3.8, 4) is 0 Å². The van der Waals surface area contributed by atoms with Crippen LogP contribution in [-0.4, -0.2) is 47.4 Å². The summed E-state index contributed by atoms with van der Waals surface area (Å²) in [7, 11) is 0. The van der Waals surface area contributed by atoms with Crippen molar-refractivity contribution in [3.05, 3.63) is 36.5 Å². The molecule has 0 aliphatic carbocycles. The van der Waals surface area contributed by atoms with Crippen LogP contribution in [0.3, 0.4) is 0 Å². The number of rotatable bonds is 58. The third-order valence-corrected chi connectivity index (χ3v) is 14.4. The van der Waals surface area contributed by atoms with E-state index in [9.17, 15) is 19.8 Å². The van der Waals surface area contributed by atoms with Gasteiger partial charge < -0.3 is 20.3 Å². The van der Waals surface area contributed by atoms with Crippen molar-refractivity contribution in [1.29, 1.82) is 0 Å². The summed E-state index contributed by atoms with van der Waals surface area (Å²) in [4.78, 5) is 24.5. The van der Waals surface area contributed by atoms with E-state index in [2.05, 4.69) is 43.5 Å². The molecule has 412 valence electrons. The lowest BCUT2D eigenvalue weighted by Crippen LogP contribution is -2.45. The first-order chi connectivity index (χ1) is 34.5. The van der Waals surface area contributed by atoms with Crippen molar-refractivity contribution in [3.63, 3.8) is 0 Å². The molecule has 0 saturated heterocycles. The molecule has 0 unspecified atom stereocenters. The Morgan fingerprint density at radius 3 is 1.11 bits per heavy atom. The molecule has 6 nitrogen and oxygen atoms in total. The number of aliphatic hydroxyl groups excluding tert-OH is 2. The SMILES string of the molecule is CCCCC/C=C\C/C=C\CCCCCCCC(=O)OCCCCCCCCCCCCCCCCCCCCCCCCCCCCCC(=O)N[C@@H](CO)[C@H](O)/C=C/CCCCCCCCCCC. The minimum atomic E-state index is -0.841. The fourth-order valence-corrected chi connectivity index (χ4v) is 9.61. The largest absolute Gasteiger partial charge is 0.466 e. The van der Waals surface area contributed by atoms with Gasteiger partial charge in [0.25, 0.3) is 0 Å². The van der Waals surface area contributed by atoms with Gasteiger partial charge in [-0.25, -0.2) is 0 Å². The fourth-order valence-electron chi connectivity index (χ4n) is 9.61. The fraction of sp³-hybridized carbons (Fsp3) is 0.875. The molecule has 1 amide bonds. The summed E-state index contributed by atoms with van der Waals surface area (Å²) in [6.45, 7) is 4.87. The number of unbranched alkanes of at least 4 members (excludes halogenated alkanes) is 43. The van der Waals surface area contributed by atoms with Crippen LogP contribution >= 0.6 is 0 Å². The molecule has 0 spiro atoms. The number of allylic oxidation sites excluding steroid dienone is 5. The van der Waals surface area contributed by atoms with Gasteiger partial charge in [-0.2, -0.15) is 0 Å². The monoisotopic (exact) mass is 984 g/mol. The number of nitrogens with one attached hydrogen (secondary N) is 1. The summed E-state index contributed by atoms with van der Waals surface area (Å²) in [5.41, 5.74) is 0. The number of esters is 1. The van der Waals surface area contributed by atoms with E-state index in [-0.39, 0.29) is 18.5 Å². The molecular weight excluding hydrogens is 863 g/mol. The lowest BCUT2D eigenvalue weighted by molar-refractivity contribution is -0.143. The minimum absolute atomic E-state index is 0.00350. The van der Waals surface area contributed by atoms with Gasteiger partial charge in [-0.05, 0) is 64.2 Å². The second-order valence-electron chi connectivity index (χ2n) is 21.4. The van der Waals surface area contributed by atoms with Crippen LogP contribution in [0.5, 0.6) is 0 Å². The third-order valence-electron chi connectivity index (χ3n) is 14.4. The first-order valence-corrected chi connectivity index (χ1v) is 31.3. The molecule has 0 saturated carbocycles. The maximum atomic E-state index is 12.4. The molecule has 2 atom stereocenters. The van der Waals surface area contributed by atoms with Gasteiger partial charge in [-0.1, -0.05) is 294 Å². The van der Waals surface area contributed by atoms with E-state index in [0.29, 0.717) is 19.4 Å². The van der Waals surface area contributed by atoms with Crippen LogP contribution in [0.25, 0.3) is 0 Å². The van der Waals surface area contributed by atoms with Crippen LogP contribution in [0.15, 0.2) is 36.5 Å². The molecule has 70 heavy (non-hydrogen) atoms. The molecule has 0 aliphatic rings. The average molecular weight is 985 g/mol. The van der Waals surface area contributed by atoms with Gasteiger partial charge in [-0.15, -0.1) is 0 Å². The molecule has 3 N–H and O–H groups in total. The Hall–Kier alpha value is -1.92. The summed E-state index contributed by atoms with van der Waals surface area (Å²) < 4.78 is 5.48. The zero-order valence-electron chi connectivity index (χ0n) is 47.0. The highest BCUT2D eigenvalue weighted by atomic mass is 16.5. The molecule has 0 aromatic heterocycles. The highest BCUT2D eigenvalue weighted by Gasteiger charge is 2.18. The average Bonchev–Trinajstić information content (AvgIpc) is 3.36. The summed E-state index contributed by atoms with van der Waals surface area (Å²) in [6, 6.07) is -0.624. The quantitative estimate of drug-likeness (QED) is 0.0321. The summed E-state index contributed by atoms with van der Waals surface area (Å²) in [5, 5.41) is 23.0. The smallest absolute Gasteiger partial charge is 0.305 e. The standard InChI is InChI=1S/C64H121NO5/c1-3-5-7-9-11-13-15-16-30-34-38-42-46-50-54-58-64(69)70-59-55-51-47-43-39-35-32-29-27-25-23-21-19-17-18-20-22-24-26-28-31-33-37-41-45-49-53-57-63(68)65-61(60-66)62(67)56-52-48-44-40-36-14-12-10-8-6-4-2/h11,13,16,30,52,56,61-62,66-67H,3-10,12,14-15,17-29,31-51,53-55,57-60H2,1-2H3,(H,65,68)/b13-11-,30-16-,56-52+/t61-,62+/m0/s1. The highest BCUT2D eigenvalue weighted by molar-refractivity contribution is 5.76. The van der Waals surface area contributed by atoms with Crippen LogP contribution in [-0.2, 0) is 14.3 Å². The Kier molecular flexibility index (Phi) is 58.0. The van der Waals surface area contributed by atoms with Crippen molar-refractivity contribution >= 4 is 11.9 Å². The second-order valence-corrected chi connectivity index (χ2v) is 21.4. The van der Waals surface area contributed by atoms with Crippen LogP contribution in [0.1, 0.15) is 335 Å². The van der Waals surface area contributed by atoms with E-state index in [0.717, 1.165) is 51.4 Å². The van der Waals surface area contributed by atoms with Gasteiger partial charge in [0.2, 0.25) is 5.91 Å². The normalized spacial score (nSPS) is 12.8. The number of hydrogen-bond donors (Lipinski definition) is 3. The number of ether oxygens (including phenoxy) is 1. The number of hydrogen-bond acceptors (Lipinski definition) is 5. The van der Waals surface area contributed by atoms with Crippen molar-refractivity contribution in [2.45, 2.75) is 347 Å². The summed E-state index contributed by atoms with van der Waals surface area (Å²) in [6.07, 6.45) is 74.8. The van der Waals surface area contributed by atoms with Gasteiger partial charge in [0.05, 0.1) is 25.4 Å². The molecule has 0 aliphatic heterocycles. The minimum Gasteiger partial charge on any atom is -0.466 e. The number of aliphatic hydroxyl groups is 2. The van der Waals surface area contributed by atoms with E-state index >= 15 is 0 Å². The van der Waals surface area contributed by atoms with Gasteiger partial charge in [-0.3, -0.25) is 9.59 Å². The number of amides is 1. The lowest BCUT2D eigenvalue weighted by Gasteiger charge is -2.20. The second kappa shape index (κ2) is 59.6. The summed E-state index contributed by atoms with van der Waals surface area (Å²) >= 11 is 0. The Bertz CT molecular complexity index is 1130. The first-order valence-electron chi connectivity index (χ1n) is 31.3. The Labute approximate surface area is 436 Å². The van der Waals surface area contributed by atoms with Gasteiger partial charge in [0.1, 0.15) is 0 Å². The third kappa shape index (κ3) is 55.4. The zero-order chi connectivity index (χ0) is 50.7. The Morgan fingerprint density at radius 1 is 0.400 bits per heavy atom. The molecule has 0 aromatic rings. The van der Waals surface area contributed by atoms with Crippen molar-refractivity contribution in [1.82, 2.24) is 5.32 Å². The molecule has 0 fully saturated rings.